The van der Waals surface area contributed by atoms with E-state index >= 15 is 0 Å². The van der Waals surface area contributed by atoms with Gasteiger partial charge in [-0.25, -0.2) is 9.59 Å². The second-order valence-electron chi connectivity index (χ2n) is 4.97. The summed E-state index contributed by atoms with van der Waals surface area (Å²) in [6.07, 6.45) is 1.01. The second-order valence-corrected chi connectivity index (χ2v) is 4.97. The van der Waals surface area contributed by atoms with Gasteiger partial charge < -0.3 is 25.0 Å². The quantitative estimate of drug-likeness (QED) is 0.589. The second kappa shape index (κ2) is 8.11. The molecule has 0 aliphatic carbocycles. The number of nitrogens with one attached hydrogen (secondary N) is 2. The Morgan fingerprint density at radius 3 is 2.50 bits per heavy atom. The Labute approximate surface area is 139 Å². The molecule has 8 nitrogen and oxygen atoms in total. The Balaban J connectivity index is 2.14. The SMILES string of the molecule is COC(=O)/C=C(/Nc1ccc(N2CCNCC2=O)cc1)C(=O)OC. The fourth-order valence-electron chi connectivity index (χ4n) is 2.19. The lowest BCUT2D eigenvalue weighted by atomic mass is 10.2. The summed E-state index contributed by atoms with van der Waals surface area (Å²) in [5, 5.41) is 5.81. The number of carbonyl (C=O) groups is 3. The number of rotatable bonds is 5. The van der Waals surface area contributed by atoms with Gasteiger partial charge in [-0.15, -0.1) is 0 Å². The van der Waals surface area contributed by atoms with Crippen molar-refractivity contribution in [3.63, 3.8) is 0 Å². The van der Waals surface area contributed by atoms with E-state index in [0.29, 0.717) is 18.8 Å². The number of hydrogen-bond acceptors (Lipinski definition) is 7. The number of ether oxygens (including phenoxy) is 2. The molecule has 0 unspecified atom stereocenters. The van der Waals surface area contributed by atoms with E-state index in [2.05, 4.69) is 20.1 Å². The molecule has 1 aliphatic rings. The van der Waals surface area contributed by atoms with E-state index in [0.717, 1.165) is 18.3 Å². The van der Waals surface area contributed by atoms with Crippen LogP contribution < -0.4 is 15.5 Å². The largest absolute Gasteiger partial charge is 0.466 e. The monoisotopic (exact) mass is 333 g/mol. The van der Waals surface area contributed by atoms with Crippen molar-refractivity contribution in [3.8, 4) is 0 Å². The van der Waals surface area contributed by atoms with E-state index in [-0.39, 0.29) is 11.6 Å². The van der Waals surface area contributed by atoms with Gasteiger partial charge in [-0.05, 0) is 24.3 Å². The van der Waals surface area contributed by atoms with Crippen LogP contribution >= 0.6 is 0 Å². The van der Waals surface area contributed by atoms with Crippen molar-refractivity contribution in [2.45, 2.75) is 0 Å². The zero-order valence-electron chi connectivity index (χ0n) is 13.5. The molecule has 0 atom stereocenters. The molecule has 1 aliphatic heterocycles. The minimum Gasteiger partial charge on any atom is -0.466 e. The van der Waals surface area contributed by atoms with Crippen LogP contribution in [0, 0.1) is 0 Å². The van der Waals surface area contributed by atoms with Gasteiger partial charge >= 0.3 is 11.9 Å². The smallest absolute Gasteiger partial charge is 0.354 e. The first-order valence-electron chi connectivity index (χ1n) is 7.31. The Morgan fingerprint density at radius 2 is 1.92 bits per heavy atom. The molecule has 1 amide bonds. The van der Waals surface area contributed by atoms with Crippen LogP contribution in [-0.2, 0) is 23.9 Å². The van der Waals surface area contributed by atoms with Gasteiger partial charge in [-0.3, -0.25) is 4.79 Å². The highest BCUT2D eigenvalue weighted by atomic mass is 16.5. The molecule has 0 radical (unpaired) electrons. The molecule has 1 fully saturated rings. The summed E-state index contributed by atoms with van der Waals surface area (Å²) in [6.45, 7) is 1.65. The maximum atomic E-state index is 11.9. The zero-order chi connectivity index (χ0) is 17.5. The van der Waals surface area contributed by atoms with Crippen LogP contribution in [-0.4, -0.2) is 51.7 Å². The maximum Gasteiger partial charge on any atom is 0.354 e. The minimum atomic E-state index is -0.693. The van der Waals surface area contributed by atoms with E-state index < -0.39 is 11.9 Å². The van der Waals surface area contributed by atoms with Crippen molar-refractivity contribution in [1.29, 1.82) is 0 Å². The Morgan fingerprint density at radius 1 is 1.21 bits per heavy atom. The first-order chi connectivity index (χ1) is 11.5. The first kappa shape index (κ1) is 17.5. The fraction of sp³-hybridized carbons (Fsp3) is 0.312. The standard InChI is InChI=1S/C16H19N3O5/c1-23-15(21)9-13(16(22)24-2)18-11-3-5-12(6-4-11)19-8-7-17-10-14(19)20/h3-6,9,17-18H,7-8,10H2,1-2H3/b13-9+. The molecule has 0 aromatic heterocycles. The van der Waals surface area contributed by atoms with Crippen molar-refractivity contribution in [3.05, 3.63) is 36.0 Å². The van der Waals surface area contributed by atoms with Crippen molar-refractivity contribution < 1.29 is 23.9 Å². The third-order valence-electron chi connectivity index (χ3n) is 3.42. The molecule has 0 saturated carbocycles. The summed E-state index contributed by atoms with van der Waals surface area (Å²) in [6, 6.07) is 6.94. The number of benzene rings is 1. The average molecular weight is 333 g/mol. The number of carbonyl (C=O) groups excluding carboxylic acids is 3. The summed E-state index contributed by atoms with van der Waals surface area (Å²) >= 11 is 0. The maximum absolute atomic E-state index is 11.9. The lowest BCUT2D eigenvalue weighted by molar-refractivity contribution is -0.138. The third-order valence-corrected chi connectivity index (χ3v) is 3.42. The molecule has 0 spiro atoms. The Bertz CT molecular complexity index is 654. The predicted octanol–water partition coefficient (Wildman–Crippen LogP) is 0.265. The highest BCUT2D eigenvalue weighted by Crippen LogP contribution is 2.20. The molecule has 2 rings (SSSR count). The molecule has 0 bridgehead atoms. The van der Waals surface area contributed by atoms with E-state index in [9.17, 15) is 14.4 Å². The molecule has 1 heterocycles. The highest BCUT2D eigenvalue weighted by Gasteiger charge is 2.19. The van der Waals surface area contributed by atoms with Crippen molar-refractivity contribution >= 4 is 29.2 Å². The van der Waals surface area contributed by atoms with E-state index in [1.807, 2.05) is 0 Å². The van der Waals surface area contributed by atoms with Crippen LogP contribution in [0.3, 0.4) is 0 Å². The van der Waals surface area contributed by atoms with E-state index in [4.69, 9.17) is 0 Å². The lowest BCUT2D eigenvalue weighted by Crippen LogP contribution is -2.48. The average Bonchev–Trinajstić information content (AvgIpc) is 2.61. The fourth-order valence-corrected chi connectivity index (χ4v) is 2.19. The number of hydrogen-bond donors (Lipinski definition) is 2. The number of nitrogens with zero attached hydrogens (tertiary/aromatic N) is 1. The molecule has 1 aromatic carbocycles. The normalized spacial score (nSPS) is 15.0. The summed E-state index contributed by atoms with van der Waals surface area (Å²) < 4.78 is 9.14. The Kier molecular flexibility index (Phi) is 5.91. The minimum absolute atomic E-state index is 0.00259. The number of esters is 2. The van der Waals surface area contributed by atoms with Crippen LogP contribution in [0.2, 0.25) is 0 Å². The summed E-state index contributed by atoms with van der Waals surface area (Å²) in [7, 11) is 2.43. The van der Waals surface area contributed by atoms with Crippen molar-refractivity contribution in [2.75, 3.05) is 44.1 Å². The molecular formula is C16H19N3O5. The molecule has 1 saturated heterocycles. The van der Waals surface area contributed by atoms with Gasteiger partial charge in [0.1, 0.15) is 5.70 Å². The van der Waals surface area contributed by atoms with E-state index in [1.54, 1.807) is 29.2 Å². The number of amides is 1. The topological polar surface area (TPSA) is 97.0 Å². The predicted molar refractivity (Wildman–Crippen MR) is 87.4 cm³/mol. The van der Waals surface area contributed by atoms with Crippen LogP contribution in [0.1, 0.15) is 0 Å². The van der Waals surface area contributed by atoms with Crippen LogP contribution in [0.15, 0.2) is 36.0 Å². The molecule has 2 N–H and O–H groups in total. The van der Waals surface area contributed by atoms with Crippen LogP contribution in [0.4, 0.5) is 11.4 Å². The first-order valence-corrected chi connectivity index (χ1v) is 7.31. The molecule has 1 aromatic rings. The highest BCUT2D eigenvalue weighted by molar-refractivity contribution is 5.99. The van der Waals surface area contributed by atoms with Crippen LogP contribution in [0.5, 0.6) is 0 Å². The van der Waals surface area contributed by atoms with Gasteiger partial charge in [-0.1, -0.05) is 0 Å². The van der Waals surface area contributed by atoms with Crippen molar-refractivity contribution in [1.82, 2.24) is 5.32 Å². The number of anilines is 2. The lowest BCUT2D eigenvalue weighted by Gasteiger charge is -2.27. The molecular weight excluding hydrogens is 314 g/mol. The van der Waals surface area contributed by atoms with Crippen LogP contribution in [0.25, 0.3) is 0 Å². The molecule has 128 valence electrons. The summed E-state index contributed by atoms with van der Waals surface area (Å²) in [5.74, 6) is -1.37. The third kappa shape index (κ3) is 4.32. The van der Waals surface area contributed by atoms with E-state index in [1.165, 1.54) is 14.2 Å². The van der Waals surface area contributed by atoms with Gasteiger partial charge in [0.05, 0.1) is 26.8 Å². The molecule has 24 heavy (non-hydrogen) atoms. The van der Waals surface area contributed by atoms with Gasteiger partial charge in [0, 0.05) is 24.5 Å². The van der Waals surface area contributed by atoms with Crippen molar-refractivity contribution in [2.24, 2.45) is 0 Å². The van der Waals surface area contributed by atoms with Gasteiger partial charge in [-0.2, -0.15) is 0 Å². The Hall–Kier alpha value is -2.87. The summed E-state index contributed by atoms with van der Waals surface area (Å²) in [4.78, 5) is 36.6. The zero-order valence-corrected chi connectivity index (χ0v) is 13.5. The summed E-state index contributed by atoms with van der Waals surface area (Å²) in [5.41, 5.74) is 1.29. The molecule has 8 heteroatoms. The number of methoxy groups -OCH3 is 2. The van der Waals surface area contributed by atoms with Gasteiger partial charge in [0.2, 0.25) is 5.91 Å². The van der Waals surface area contributed by atoms with Gasteiger partial charge in [0.25, 0.3) is 0 Å². The van der Waals surface area contributed by atoms with Gasteiger partial charge in [0.15, 0.2) is 0 Å². The number of piperazine rings is 1.